The fourth-order valence-electron chi connectivity index (χ4n) is 2.88. The van der Waals surface area contributed by atoms with Crippen LogP contribution in [0.3, 0.4) is 0 Å². The fraction of sp³-hybridized carbons (Fsp3) is 0.158. The summed E-state index contributed by atoms with van der Waals surface area (Å²) in [6.45, 7) is 2.15. The van der Waals surface area contributed by atoms with Crippen molar-refractivity contribution in [2.24, 2.45) is 7.05 Å². The molecule has 4 rings (SSSR count). The number of nitrogens with one attached hydrogen (secondary N) is 1. The lowest BCUT2D eigenvalue weighted by Crippen LogP contribution is -2.27. The highest BCUT2D eigenvalue weighted by Crippen LogP contribution is 2.24. The van der Waals surface area contributed by atoms with Crippen molar-refractivity contribution in [2.45, 2.75) is 13.5 Å². The number of hydrogen-bond acceptors (Lipinski definition) is 5. The monoisotopic (exact) mass is 522 g/mol. The van der Waals surface area contributed by atoms with Gasteiger partial charge in [0.15, 0.2) is 5.65 Å². The van der Waals surface area contributed by atoms with Gasteiger partial charge < -0.3 is 14.6 Å². The Kier molecular flexibility index (Phi) is 5.41. The molecule has 10 heteroatoms. The number of aryl methyl sites for hydroxylation is 2. The number of carbonyl (C=O) groups is 1. The van der Waals surface area contributed by atoms with Crippen molar-refractivity contribution in [2.75, 3.05) is 0 Å². The van der Waals surface area contributed by atoms with Crippen LogP contribution in [0.2, 0.25) is 5.15 Å². The Morgan fingerprint density at radius 3 is 2.93 bits per heavy atom. The lowest BCUT2D eigenvalue weighted by molar-refractivity contribution is 0.197. The van der Waals surface area contributed by atoms with Gasteiger partial charge in [-0.1, -0.05) is 29.8 Å². The van der Waals surface area contributed by atoms with Crippen molar-refractivity contribution < 1.29 is 9.53 Å². The fourth-order valence-corrected chi connectivity index (χ4v) is 3.52. The molecule has 0 atom stereocenters. The topological polar surface area (TPSA) is 86.3 Å². The van der Waals surface area contributed by atoms with Gasteiger partial charge in [0.1, 0.15) is 11.0 Å². The molecule has 29 heavy (non-hydrogen) atoms. The molecule has 0 bridgehead atoms. The minimum Gasteiger partial charge on any atom is -0.391 e. The number of rotatable bonds is 4. The standard InChI is InChI=1S/C19H16ClIN6O2/c1-11-16(21)18-24-14(20)9-15(27(18)25-11)29-19(28)23-10-12-4-3-5-13(8-12)17-22-6-7-26(17)2/h3-9H,10H2,1-2H3,(H,23,28). The van der Waals surface area contributed by atoms with Gasteiger partial charge in [-0.25, -0.2) is 14.8 Å². The zero-order valence-corrected chi connectivity index (χ0v) is 18.5. The van der Waals surface area contributed by atoms with Gasteiger partial charge in [0.2, 0.25) is 5.88 Å². The molecule has 0 aliphatic carbocycles. The van der Waals surface area contributed by atoms with Crippen LogP contribution < -0.4 is 10.1 Å². The largest absolute Gasteiger partial charge is 0.414 e. The molecular weight excluding hydrogens is 507 g/mol. The van der Waals surface area contributed by atoms with Crippen LogP contribution in [0.5, 0.6) is 5.88 Å². The van der Waals surface area contributed by atoms with Crippen LogP contribution in [0.25, 0.3) is 17.0 Å². The van der Waals surface area contributed by atoms with Crippen molar-refractivity contribution in [3.05, 3.63) is 62.7 Å². The number of carbonyl (C=O) groups excluding carboxylic acids is 1. The number of ether oxygens (including phenoxy) is 1. The molecule has 0 unspecified atom stereocenters. The zero-order valence-electron chi connectivity index (χ0n) is 15.6. The van der Waals surface area contributed by atoms with Gasteiger partial charge in [0, 0.05) is 37.6 Å². The van der Waals surface area contributed by atoms with E-state index in [1.165, 1.54) is 10.6 Å². The Bertz CT molecular complexity index is 1220. The summed E-state index contributed by atoms with van der Waals surface area (Å²) in [7, 11) is 1.93. The molecule has 0 radical (unpaired) electrons. The van der Waals surface area contributed by atoms with Gasteiger partial charge in [-0.2, -0.15) is 9.61 Å². The molecule has 0 aliphatic heterocycles. The third kappa shape index (κ3) is 4.06. The van der Waals surface area contributed by atoms with Crippen LogP contribution in [0.4, 0.5) is 4.79 Å². The maximum Gasteiger partial charge on any atom is 0.414 e. The van der Waals surface area contributed by atoms with E-state index in [1.54, 1.807) is 6.20 Å². The van der Waals surface area contributed by atoms with Gasteiger partial charge in [-0.15, -0.1) is 0 Å². The normalized spacial score (nSPS) is 11.0. The number of halogens is 2. The van der Waals surface area contributed by atoms with E-state index >= 15 is 0 Å². The highest BCUT2D eigenvalue weighted by atomic mass is 127. The molecule has 0 saturated carbocycles. The van der Waals surface area contributed by atoms with Crippen molar-refractivity contribution in [3.8, 4) is 17.3 Å². The summed E-state index contributed by atoms with van der Waals surface area (Å²) in [5.41, 5.74) is 3.21. The number of aromatic nitrogens is 5. The lowest BCUT2D eigenvalue weighted by atomic mass is 10.1. The average molecular weight is 523 g/mol. The predicted octanol–water partition coefficient (Wildman–Crippen LogP) is 3.98. The highest BCUT2D eigenvalue weighted by Gasteiger charge is 2.16. The van der Waals surface area contributed by atoms with Crippen LogP contribution in [-0.4, -0.2) is 30.2 Å². The Labute approximate surface area is 185 Å². The van der Waals surface area contributed by atoms with E-state index in [2.05, 4.69) is 43.0 Å². The molecule has 8 nitrogen and oxygen atoms in total. The molecule has 1 aromatic carbocycles. The zero-order chi connectivity index (χ0) is 20.5. The SMILES string of the molecule is Cc1nn2c(OC(=O)NCc3cccc(-c4nccn4C)c3)cc(Cl)nc2c1I. The van der Waals surface area contributed by atoms with Gasteiger partial charge in [-0.3, -0.25) is 0 Å². The number of benzene rings is 1. The molecular formula is C19H16ClIN6O2. The molecule has 3 aromatic heterocycles. The Morgan fingerprint density at radius 1 is 1.34 bits per heavy atom. The maximum absolute atomic E-state index is 12.3. The summed E-state index contributed by atoms with van der Waals surface area (Å²) in [6.07, 6.45) is 3.02. The molecule has 3 heterocycles. The van der Waals surface area contributed by atoms with E-state index in [9.17, 15) is 4.79 Å². The van der Waals surface area contributed by atoms with Crippen LogP contribution in [0, 0.1) is 10.5 Å². The Balaban J connectivity index is 1.48. The Hall–Kier alpha value is -2.66. The van der Waals surface area contributed by atoms with E-state index in [0.717, 1.165) is 26.2 Å². The van der Waals surface area contributed by atoms with Gasteiger partial charge in [-0.05, 0) is 41.1 Å². The molecule has 0 aliphatic rings. The molecule has 1 N–H and O–H groups in total. The number of fused-ring (bicyclic) bond motifs is 1. The summed E-state index contributed by atoms with van der Waals surface area (Å²) in [4.78, 5) is 20.9. The summed E-state index contributed by atoms with van der Waals surface area (Å²) in [5, 5.41) is 7.32. The second kappa shape index (κ2) is 7.99. The smallest absolute Gasteiger partial charge is 0.391 e. The van der Waals surface area contributed by atoms with Gasteiger partial charge in [0.25, 0.3) is 0 Å². The van der Waals surface area contributed by atoms with E-state index in [4.69, 9.17) is 16.3 Å². The van der Waals surface area contributed by atoms with Crippen LogP contribution in [0.15, 0.2) is 42.7 Å². The van der Waals surface area contributed by atoms with E-state index < -0.39 is 6.09 Å². The molecule has 0 spiro atoms. The van der Waals surface area contributed by atoms with E-state index in [0.29, 0.717) is 12.2 Å². The van der Waals surface area contributed by atoms with Crippen LogP contribution in [-0.2, 0) is 13.6 Å². The second-order valence-electron chi connectivity index (χ2n) is 6.36. The third-order valence-corrected chi connectivity index (χ3v) is 5.73. The molecule has 0 saturated heterocycles. The third-order valence-electron chi connectivity index (χ3n) is 4.27. The van der Waals surface area contributed by atoms with Crippen molar-refractivity contribution in [3.63, 3.8) is 0 Å². The molecule has 1 amide bonds. The first-order valence-corrected chi connectivity index (χ1v) is 10.1. The minimum absolute atomic E-state index is 0.199. The maximum atomic E-state index is 12.3. The highest BCUT2D eigenvalue weighted by molar-refractivity contribution is 14.1. The van der Waals surface area contributed by atoms with Gasteiger partial charge >= 0.3 is 6.09 Å². The van der Waals surface area contributed by atoms with Crippen molar-refractivity contribution in [1.29, 1.82) is 0 Å². The quantitative estimate of drug-likeness (QED) is 0.324. The second-order valence-corrected chi connectivity index (χ2v) is 7.82. The van der Waals surface area contributed by atoms with Gasteiger partial charge in [0.05, 0.1) is 9.26 Å². The number of imidazole rings is 1. The van der Waals surface area contributed by atoms with Crippen LogP contribution >= 0.6 is 34.2 Å². The van der Waals surface area contributed by atoms with Crippen molar-refractivity contribution >= 4 is 45.9 Å². The van der Waals surface area contributed by atoms with Crippen molar-refractivity contribution in [1.82, 2.24) is 29.5 Å². The first kappa shape index (κ1) is 19.6. The summed E-state index contributed by atoms with van der Waals surface area (Å²) < 4.78 is 9.67. The number of nitrogens with zero attached hydrogens (tertiary/aromatic N) is 5. The summed E-state index contributed by atoms with van der Waals surface area (Å²) in [5.74, 6) is 1.05. The summed E-state index contributed by atoms with van der Waals surface area (Å²) in [6, 6.07) is 9.25. The van der Waals surface area contributed by atoms with Crippen LogP contribution in [0.1, 0.15) is 11.3 Å². The number of amides is 1. The lowest BCUT2D eigenvalue weighted by Gasteiger charge is -2.09. The number of hydrogen-bond donors (Lipinski definition) is 1. The van der Waals surface area contributed by atoms with E-state index in [-0.39, 0.29) is 11.0 Å². The Morgan fingerprint density at radius 2 is 2.17 bits per heavy atom. The minimum atomic E-state index is -0.612. The predicted molar refractivity (Wildman–Crippen MR) is 117 cm³/mol. The first-order valence-electron chi connectivity index (χ1n) is 8.66. The molecule has 4 aromatic rings. The summed E-state index contributed by atoms with van der Waals surface area (Å²) >= 11 is 8.20. The molecule has 148 valence electrons. The molecule has 0 fully saturated rings. The van der Waals surface area contributed by atoms with E-state index in [1.807, 2.05) is 49.0 Å². The average Bonchev–Trinajstić information content (AvgIpc) is 3.24. The first-order chi connectivity index (χ1) is 13.9.